The average Bonchev–Trinajstić information content (AvgIpc) is 3.04. The van der Waals surface area contributed by atoms with Gasteiger partial charge in [-0.05, 0) is 29.8 Å². The summed E-state index contributed by atoms with van der Waals surface area (Å²) in [5.74, 6) is -1.44. The third-order valence-corrected chi connectivity index (χ3v) is 5.97. The monoisotopic (exact) mass is 471 g/mol. The molecule has 1 atom stereocenters. The molecule has 0 bridgehead atoms. The van der Waals surface area contributed by atoms with Crippen LogP contribution in [0.1, 0.15) is 17.2 Å². The lowest BCUT2D eigenvalue weighted by atomic mass is 9.95. The highest BCUT2D eigenvalue weighted by Crippen LogP contribution is 2.39. The Labute approximate surface area is 183 Å². The molecule has 0 aliphatic carbocycles. The normalized spacial score (nSPS) is 21.9. The highest BCUT2D eigenvalue weighted by Gasteiger charge is 2.46. The van der Waals surface area contributed by atoms with Crippen LogP contribution in [0.25, 0.3) is 5.76 Å². The van der Waals surface area contributed by atoms with Gasteiger partial charge in [-0.3, -0.25) is 19.5 Å². The molecule has 1 amide bonds. The Kier molecular flexibility index (Phi) is 6.26. The molecule has 1 aromatic carbocycles. The average molecular weight is 472 g/mol. The van der Waals surface area contributed by atoms with Crippen LogP contribution in [0.15, 0.2) is 58.8 Å². The smallest absolute Gasteiger partial charge is 0.295 e. The fraction of sp³-hybridized carbons (Fsp3) is 0.318. The molecule has 3 heterocycles. The lowest BCUT2D eigenvalue weighted by Gasteiger charge is -2.31. The second-order valence-electron chi connectivity index (χ2n) is 7.23. The third kappa shape index (κ3) is 4.16. The van der Waals surface area contributed by atoms with Crippen LogP contribution in [0.5, 0.6) is 0 Å². The second kappa shape index (κ2) is 9.07. The molecule has 1 unspecified atom stereocenters. The fourth-order valence-electron chi connectivity index (χ4n) is 3.84. The van der Waals surface area contributed by atoms with Crippen molar-refractivity contribution < 1.29 is 19.4 Å². The van der Waals surface area contributed by atoms with Crippen molar-refractivity contribution in [1.29, 1.82) is 0 Å². The molecule has 7 nitrogen and oxygen atoms in total. The van der Waals surface area contributed by atoms with E-state index in [1.165, 1.54) is 12.4 Å². The minimum absolute atomic E-state index is 0.107. The molecule has 2 aromatic rings. The van der Waals surface area contributed by atoms with Gasteiger partial charge in [0.05, 0.1) is 24.8 Å². The minimum atomic E-state index is -0.667. The summed E-state index contributed by atoms with van der Waals surface area (Å²) in [5, 5.41) is 10.9. The van der Waals surface area contributed by atoms with E-state index in [0.29, 0.717) is 31.9 Å². The summed E-state index contributed by atoms with van der Waals surface area (Å²) < 4.78 is 6.28. The quantitative estimate of drug-likeness (QED) is 0.409. The van der Waals surface area contributed by atoms with Gasteiger partial charge in [0.1, 0.15) is 5.76 Å². The first-order chi connectivity index (χ1) is 14.6. The number of hydrogen-bond donors (Lipinski definition) is 1. The highest BCUT2D eigenvalue weighted by atomic mass is 79.9. The number of hydrogen-bond acceptors (Lipinski definition) is 6. The Balaban J connectivity index is 1.72. The number of aliphatic hydroxyl groups is 1. The zero-order valence-electron chi connectivity index (χ0n) is 16.3. The van der Waals surface area contributed by atoms with Crippen molar-refractivity contribution in [3.05, 3.63) is 70.0 Å². The topological polar surface area (TPSA) is 83.0 Å². The second-order valence-corrected chi connectivity index (χ2v) is 8.15. The number of ketones is 1. The third-order valence-electron chi connectivity index (χ3n) is 5.44. The number of carbonyl (C=O) groups excluding carboxylic acids is 2. The first-order valence-electron chi connectivity index (χ1n) is 9.80. The van der Waals surface area contributed by atoms with Crippen molar-refractivity contribution in [3.8, 4) is 0 Å². The van der Waals surface area contributed by atoms with Crippen LogP contribution in [0.4, 0.5) is 0 Å². The van der Waals surface area contributed by atoms with Gasteiger partial charge in [-0.1, -0.05) is 28.1 Å². The Bertz CT molecular complexity index is 956. The van der Waals surface area contributed by atoms with Gasteiger partial charge in [-0.25, -0.2) is 0 Å². The summed E-state index contributed by atoms with van der Waals surface area (Å²) in [5.41, 5.74) is 1.34. The predicted octanol–water partition coefficient (Wildman–Crippen LogP) is 2.60. The van der Waals surface area contributed by atoms with Gasteiger partial charge in [0, 0.05) is 48.6 Å². The van der Waals surface area contributed by atoms with E-state index in [1.807, 2.05) is 24.3 Å². The van der Waals surface area contributed by atoms with E-state index in [0.717, 1.165) is 23.1 Å². The molecular weight excluding hydrogens is 450 g/mol. The molecule has 1 N–H and O–H groups in total. The zero-order valence-corrected chi connectivity index (χ0v) is 17.9. The molecule has 30 heavy (non-hydrogen) atoms. The van der Waals surface area contributed by atoms with Crippen molar-refractivity contribution >= 4 is 33.4 Å². The van der Waals surface area contributed by atoms with Gasteiger partial charge in [0.2, 0.25) is 0 Å². The van der Waals surface area contributed by atoms with E-state index in [9.17, 15) is 14.7 Å². The van der Waals surface area contributed by atoms with Gasteiger partial charge < -0.3 is 14.7 Å². The summed E-state index contributed by atoms with van der Waals surface area (Å²) in [6.07, 6.45) is 3.08. The number of rotatable bonds is 5. The van der Waals surface area contributed by atoms with Crippen molar-refractivity contribution in [2.24, 2.45) is 0 Å². The predicted molar refractivity (Wildman–Crippen MR) is 115 cm³/mol. The summed E-state index contributed by atoms with van der Waals surface area (Å²) in [6, 6.07) is 10.1. The lowest BCUT2D eigenvalue weighted by Crippen LogP contribution is -2.42. The van der Waals surface area contributed by atoms with E-state index in [2.05, 4.69) is 25.8 Å². The number of amides is 1. The van der Waals surface area contributed by atoms with Crippen molar-refractivity contribution in [2.75, 3.05) is 39.4 Å². The molecular formula is C22H22BrN3O4. The molecule has 8 heteroatoms. The molecule has 2 aliphatic heterocycles. The fourth-order valence-corrected chi connectivity index (χ4v) is 4.11. The maximum Gasteiger partial charge on any atom is 0.295 e. The van der Waals surface area contributed by atoms with Gasteiger partial charge in [0.25, 0.3) is 11.7 Å². The number of halogens is 1. The molecule has 0 spiro atoms. The summed E-state index contributed by atoms with van der Waals surface area (Å²) in [4.78, 5) is 33.6. The van der Waals surface area contributed by atoms with E-state index < -0.39 is 17.7 Å². The summed E-state index contributed by atoms with van der Waals surface area (Å²) in [6.45, 7) is 3.94. The number of ether oxygens (including phenoxy) is 1. The zero-order chi connectivity index (χ0) is 21.1. The Morgan fingerprint density at radius 3 is 2.40 bits per heavy atom. The van der Waals surface area contributed by atoms with E-state index in [-0.39, 0.29) is 11.3 Å². The molecule has 156 valence electrons. The van der Waals surface area contributed by atoms with Gasteiger partial charge in [0.15, 0.2) is 0 Å². The molecule has 2 fully saturated rings. The maximum absolute atomic E-state index is 13.0. The van der Waals surface area contributed by atoms with Gasteiger partial charge in [-0.15, -0.1) is 0 Å². The van der Waals surface area contributed by atoms with E-state index >= 15 is 0 Å². The summed E-state index contributed by atoms with van der Waals surface area (Å²) >= 11 is 3.42. The van der Waals surface area contributed by atoms with Crippen molar-refractivity contribution in [2.45, 2.75) is 6.04 Å². The number of carbonyl (C=O) groups is 2. The van der Waals surface area contributed by atoms with Crippen LogP contribution >= 0.6 is 15.9 Å². The number of nitrogens with zero attached hydrogens (tertiary/aromatic N) is 3. The Morgan fingerprint density at radius 2 is 1.73 bits per heavy atom. The van der Waals surface area contributed by atoms with Crippen LogP contribution in [0.3, 0.4) is 0 Å². The largest absolute Gasteiger partial charge is 0.507 e. The van der Waals surface area contributed by atoms with Crippen LogP contribution in [0, 0.1) is 0 Å². The molecule has 4 rings (SSSR count). The van der Waals surface area contributed by atoms with Gasteiger partial charge in [-0.2, -0.15) is 0 Å². The number of morpholine rings is 1. The Hall–Kier alpha value is -2.55. The van der Waals surface area contributed by atoms with Crippen LogP contribution < -0.4 is 0 Å². The highest BCUT2D eigenvalue weighted by molar-refractivity contribution is 9.10. The lowest BCUT2D eigenvalue weighted by molar-refractivity contribution is -0.140. The minimum Gasteiger partial charge on any atom is -0.507 e. The van der Waals surface area contributed by atoms with Crippen molar-refractivity contribution in [1.82, 2.24) is 14.8 Å². The molecule has 0 radical (unpaired) electrons. The van der Waals surface area contributed by atoms with Crippen molar-refractivity contribution in [3.63, 3.8) is 0 Å². The molecule has 2 saturated heterocycles. The van der Waals surface area contributed by atoms with E-state index in [4.69, 9.17) is 4.74 Å². The SMILES string of the molecule is O=C1C(=O)N(CCN2CCOCC2)C(c2ccc(Br)cc2)/C1=C(\O)c1ccncc1. The number of benzene rings is 1. The molecule has 2 aliphatic rings. The number of aromatic nitrogens is 1. The summed E-state index contributed by atoms with van der Waals surface area (Å²) in [7, 11) is 0. The van der Waals surface area contributed by atoms with Crippen LogP contribution in [0.2, 0.25) is 0 Å². The number of pyridine rings is 1. The standard InChI is InChI=1S/C22H22BrN3O4/c23-17-3-1-15(2-4-17)19-18(20(27)16-5-7-24-8-6-16)21(28)22(29)26(19)10-9-25-11-13-30-14-12-25/h1-8,19,27H,9-14H2/b20-18+. The number of Topliss-reactive ketones (excluding diaryl/α,β-unsaturated/α-hetero) is 1. The van der Waals surface area contributed by atoms with Crippen LogP contribution in [-0.4, -0.2) is 71.0 Å². The molecule has 0 saturated carbocycles. The number of aliphatic hydroxyl groups excluding tert-OH is 1. The van der Waals surface area contributed by atoms with Gasteiger partial charge >= 0.3 is 0 Å². The first-order valence-corrected chi connectivity index (χ1v) is 10.6. The Morgan fingerprint density at radius 1 is 1.07 bits per heavy atom. The maximum atomic E-state index is 13.0. The number of likely N-dealkylation sites (tertiary alicyclic amines) is 1. The first kappa shape index (κ1) is 20.7. The van der Waals surface area contributed by atoms with E-state index in [1.54, 1.807) is 17.0 Å². The molecule has 1 aromatic heterocycles. The van der Waals surface area contributed by atoms with Crippen LogP contribution in [-0.2, 0) is 14.3 Å².